The number of methoxy groups -OCH3 is 1. The quantitative estimate of drug-likeness (QED) is 0.565. The average Bonchev–Trinajstić information content (AvgIpc) is 3.30. The lowest BCUT2D eigenvalue weighted by Crippen LogP contribution is -2.44. The number of hydrogen-bond donors (Lipinski definition) is 0. The highest BCUT2D eigenvalue weighted by Gasteiger charge is 2.32. The van der Waals surface area contributed by atoms with Crippen LogP contribution in [0, 0.1) is 5.92 Å². The maximum absolute atomic E-state index is 14.6. The summed E-state index contributed by atoms with van der Waals surface area (Å²) in [4.78, 5) is 26.4. The summed E-state index contributed by atoms with van der Waals surface area (Å²) >= 11 is 0. The van der Waals surface area contributed by atoms with Crippen LogP contribution < -0.4 is 5.56 Å². The van der Waals surface area contributed by atoms with E-state index in [1.807, 2.05) is 6.07 Å². The molecule has 1 aliphatic carbocycles. The summed E-state index contributed by atoms with van der Waals surface area (Å²) < 4.78 is 46.0. The van der Waals surface area contributed by atoms with E-state index in [0.29, 0.717) is 30.7 Å². The fraction of sp³-hybridized carbons (Fsp3) is 0.636. The monoisotopic (exact) mass is 479 g/mol. The molecule has 0 spiro atoms. The molecule has 2 aromatic heterocycles. The molecule has 1 saturated carbocycles. The number of pyridine rings is 1. The van der Waals surface area contributed by atoms with Crippen LogP contribution in [0.3, 0.4) is 0 Å². The van der Waals surface area contributed by atoms with Crippen LogP contribution in [0.1, 0.15) is 43.7 Å². The van der Waals surface area contributed by atoms with Gasteiger partial charge >= 0.3 is 0 Å². The lowest BCUT2D eigenvalue weighted by Gasteiger charge is -2.31. The van der Waals surface area contributed by atoms with Crippen LogP contribution in [0.15, 0.2) is 22.1 Å². The molecular formula is C22H30FN5O4S. The van der Waals surface area contributed by atoms with Gasteiger partial charge in [0.05, 0.1) is 12.9 Å². The Morgan fingerprint density at radius 1 is 1.30 bits per heavy atom. The molecule has 2 atom stereocenters. The van der Waals surface area contributed by atoms with Crippen LogP contribution in [0.4, 0.5) is 10.3 Å². The first-order chi connectivity index (χ1) is 15.8. The Bertz CT molecular complexity index is 1190. The molecular weight excluding hydrogens is 449 g/mol. The van der Waals surface area contributed by atoms with Crippen LogP contribution in [0.5, 0.6) is 0 Å². The summed E-state index contributed by atoms with van der Waals surface area (Å²) in [6.07, 6.45) is 7.69. The van der Waals surface area contributed by atoms with Gasteiger partial charge in [-0.2, -0.15) is 9.29 Å². The van der Waals surface area contributed by atoms with Gasteiger partial charge < -0.3 is 4.74 Å². The number of fused-ring (bicyclic) bond motifs is 1. The number of aromatic nitrogens is 3. The predicted octanol–water partition coefficient (Wildman–Crippen LogP) is 2.42. The lowest BCUT2D eigenvalue weighted by atomic mass is 9.98. The second-order valence-corrected chi connectivity index (χ2v) is 10.8. The van der Waals surface area contributed by atoms with Gasteiger partial charge in [0.15, 0.2) is 0 Å². The van der Waals surface area contributed by atoms with Crippen molar-refractivity contribution in [3.05, 3.63) is 28.2 Å². The first-order valence-corrected chi connectivity index (χ1v) is 13.2. The zero-order chi connectivity index (χ0) is 23.6. The largest absolute Gasteiger partial charge is 0.384 e. The highest BCUT2D eigenvalue weighted by Crippen LogP contribution is 2.31. The Hall–Kier alpha value is -2.24. The number of aliphatic imine (C=N–C) groups is 1. The topological polar surface area (TPSA) is 107 Å². The van der Waals surface area contributed by atoms with Gasteiger partial charge in [-0.05, 0) is 25.3 Å². The Morgan fingerprint density at radius 2 is 2.06 bits per heavy atom. The number of ether oxygens (including phenoxy) is 1. The van der Waals surface area contributed by atoms with E-state index < -0.39 is 22.1 Å². The summed E-state index contributed by atoms with van der Waals surface area (Å²) in [7, 11) is -1.81. The number of sulfonamides is 1. The number of rotatable bonds is 7. The van der Waals surface area contributed by atoms with E-state index in [1.54, 1.807) is 17.9 Å². The van der Waals surface area contributed by atoms with Gasteiger partial charge in [-0.3, -0.25) is 9.36 Å². The Morgan fingerprint density at radius 3 is 2.73 bits per heavy atom. The van der Waals surface area contributed by atoms with Gasteiger partial charge in [0.25, 0.3) is 11.5 Å². The van der Waals surface area contributed by atoms with Crippen LogP contribution in [-0.2, 0) is 21.2 Å². The predicted molar refractivity (Wildman–Crippen MR) is 124 cm³/mol. The standard InChI is InChI=1S/C22H30FN5O4S/c1-32-10-8-15-11-17-13-25-22(26-20(17)28(21(15)29)18-5-3-4-6-18)24-12-16-7-9-27(14-19(16)23)33(2,30)31/h11-13,16,18-19H,3-10,14H2,1-2H3/t16-,19+/m0/s1. The highest BCUT2D eigenvalue weighted by molar-refractivity contribution is 7.88. The van der Waals surface area contributed by atoms with Crippen LogP contribution in [-0.4, -0.2) is 72.7 Å². The van der Waals surface area contributed by atoms with Gasteiger partial charge in [0, 0.05) is 61.9 Å². The van der Waals surface area contributed by atoms with Gasteiger partial charge in [0.2, 0.25) is 10.0 Å². The molecule has 2 aromatic rings. The SMILES string of the molecule is COCCc1cc2cnc(N=C[C@@H]3CCN(S(C)(=O)=O)C[C@H]3F)nc2n(C2CCCC2)c1=O. The van der Waals surface area contributed by atoms with Crippen LogP contribution in [0.2, 0.25) is 0 Å². The molecule has 3 heterocycles. The lowest BCUT2D eigenvalue weighted by molar-refractivity contribution is 0.173. The van der Waals surface area contributed by atoms with Crippen LogP contribution in [0.25, 0.3) is 11.0 Å². The van der Waals surface area contributed by atoms with Gasteiger partial charge in [0.1, 0.15) is 11.8 Å². The molecule has 2 fully saturated rings. The third-order valence-electron chi connectivity index (χ3n) is 6.50. The number of alkyl halides is 1. The molecule has 0 bridgehead atoms. The van der Waals surface area contributed by atoms with E-state index in [0.717, 1.165) is 41.6 Å². The zero-order valence-electron chi connectivity index (χ0n) is 19.0. The highest BCUT2D eigenvalue weighted by atomic mass is 32.2. The van der Waals surface area contributed by atoms with Crippen molar-refractivity contribution >= 4 is 33.2 Å². The van der Waals surface area contributed by atoms with E-state index >= 15 is 0 Å². The average molecular weight is 480 g/mol. The summed E-state index contributed by atoms with van der Waals surface area (Å²) in [5, 5.41) is 0.761. The van der Waals surface area contributed by atoms with Crippen molar-refractivity contribution in [2.45, 2.75) is 50.7 Å². The fourth-order valence-electron chi connectivity index (χ4n) is 4.65. The number of halogens is 1. The molecule has 2 aliphatic rings. The van der Waals surface area contributed by atoms with Gasteiger partial charge in [-0.1, -0.05) is 12.8 Å². The van der Waals surface area contributed by atoms with Crippen molar-refractivity contribution in [3.8, 4) is 0 Å². The third kappa shape index (κ3) is 5.30. The molecule has 9 nitrogen and oxygen atoms in total. The maximum Gasteiger partial charge on any atom is 0.255 e. The Kier molecular flexibility index (Phi) is 7.20. The number of hydrogen-bond acceptors (Lipinski definition) is 7. The summed E-state index contributed by atoms with van der Waals surface area (Å²) in [6, 6.07) is 1.90. The molecule has 180 valence electrons. The van der Waals surface area contributed by atoms with E-state index in [9.17, 15) is 17.6 Å². The molecule has 0 radical (unpaired) electrons. The maximum atomic E-state index is 14.6. The first kappa shape index (κ1) is 23.9. The fourth-order valence-corrected chi connectivity index (χ4v) is 5.50. The van der Waals surface area contributed by atoms with Crippen molar-refractivity contribution < 1.29 is 17.5 Å². The van der Waals surface area contributed by atoms with E-state index in [4.69, 9.17) is 4.74 Å². The molecule has 0 aromatic carbocycles. The van der Waals surface area contributed by atoms with Crippen molar-refractivity contribution in [3.63, 3.8) is 0 Å². The zero-order valence-corrected chi connectivity index (χ0v) is 19.8. The van der Waals surface area contributed by atoms with Crippen molar-refractivity contribution in [2.24, 2.45) is 10.9 Å². The summed E-state index contributed by atoms with van der Waals surface area (Å²) in [5.74, 6) is -0.355. The smallest absolute Gasteiger partial charge is 0.255 e. The van der Waals surface area contributed by atoms with Crippen LogP contribution >= 0.6 is 0 Å². The van der Waals surface area contributed by atoms with E-state index in [-0.39, 0.29) is 30.6 Å². The van der Waals surface area contributed by atoms with Gasteiger partial charge in [-0.25, -0.2) is 22.8 Å². The number of piperidine rings is 1. The van der Waals surface area contributed by atoms with E-state index in [2.05, 4.69) is 15.0 Å². The molecule has 0 N–H and O–H groups in total. The molecule has 1 saturated heterocycles. The molecule has 0 amide bonds. The summed E-state index contributed by atoms with van der Waals surface area (Å²) in [5.41, 5.74) is 1.16. The minimum absolute atomic E-state index is 0.0583. The summed E-state index contributed by atoms with van der Waals surface area (Å²) in [6.45, 7) is 0.525. The minimum Gasteiger partial charge on any atom is -0.384 e. The third-order valence-corrected chi connectivity index (χ3v) is 7.77. The second-order valence-electron chi connectivity index (χ2n) is 8.84. The Labute approximate surface area is 192 Å². The van der Waals surface area contributed by atoms with E-state index in [1.165, 1.54) is 6.21 Å². The van der Waals surface area contributed by atoms with Gasteiger partial charge in [-0.15, -0.1) is 0 Å². The minimum atomic E-state index is -3.42. The molecule has 1 aliphatic heterocycles. The second kappa shape index (κ2) is 9.94. The van der Waals surface area contributed by atoms with Crippen molar-refractivity contribution in [1.82, 2.24) is 18.8 Å². The van der Waals surface area contributed by atoms with Crippen molar-refractivity contribution in [2.75, 3.05) is 33.1 Å². The molecule has 0 unspecified atom stereocenters. The van der Waals surface area contributed by atoms with Crippen molar-refractivity contribution in [1.29, 1.82) is 0 Å². The molecule has 11 heteroatoms. The molecule has 4 rings (SSSR count). The number of nitrogens with zero attached hydrogens (tertiary/aromatic N) is 5. The normalized spacial score (nSPS) is 23.1. The Balaban J connectivity index is 1.63. The first-order valence-electron chi connectivity index (χ1n) is 11.3. The molecule has 33 heavy (non-hydrogen) atoms.